The van der Waals surface area contributed by atoms with Gasteiger partial charge in [-0.2, -0.15) is 30.7 Å². The molecule has 1 rings (SSSR count). The summed E-state index contributed by atoms with van der Waals surface area (Å²) in [6.07, 6.45) is -6.48. The molecule has 0 amide bonds. The predicted molar refractivity (Wildman–Crippen MR) is 48.0 cm³/mol. The molecule has 0 spiro atoms. The number of halogens is 7. The van der Waals surface area contributed by atoms with Crippen LogP contribution < -0.4 is 0 Å². The number of hydrogen-bond donors (Lipinski definition) is 0. The van der Waals surface area contributed by atoms with Gasteiger partial charge in [-0.15, -0.1) is 0 Å². The number of nitro groups is 1. The van der Waals surface area contributed by atoms with E-state index in [1.165, 1.54) is 0 Å². The van der Waals surface area contributed by atoms with Crippen LogP contribution in [0.5, 0.6) is 0 Å². The van der Waals surface area contributed by atoms with Crippen molar-refractivity contribution in [3.8, 4) is 0 Å². The first-order chi connectivity index (χ1) is 8.41. The van der Waals surface area contributed by atoms with Crippen LogP contribution in [0.3, 0.4) is 0 Å². The number of alkyl halides is 7. The first-order valence-corrected chi connectivity index (χ1v) is 4.48. The summed E-state index contributed by atoms with van der Waals surface area (Å²) in [6, 6.07) is 1.51. The van der Waals surface area contributed by atoms with Gasteiger partial charge in [0.15, 0.2) is 0 Å². The standard InChI is InChI=1S/C9H4F7NO2/c10-7(11,8(12,13)9(14,15)16)5-2-1-3-6(4-5)17(18)19/h1-4H. The third kappa shape index (κ3) is 2.47. The average Bonchev–Trinajstić information content (AvgIpc) is 2.27. The largest absolute Gasteiger partial charge is 0.460 e. The van der Waals surface area contributed by atoms with E-state index >= 15 is 0 Å². The summed E-state index contributed by atoms with van der Waals surface area (Å²) in [7, 11) is 0. The Morgan fingerprint density at radius 1 is 1.00 bits per heavy atom. The molecule has 0 bridgehead atoms. The number of rotatable bonds is 3. The second kappa shape index (κ2) is 4.35. The quantitative estimate of drug-likeness (QED) is 0.482. The highest BCUT2D eigenvalue weighted by Crippen LogP contribution is 2.51. The Bertz CT molecular complexity index is 498. The molecule has 0 fully saturated rings. The molecule has 0 saturated carbocycles. The number of nitro benzene ring substituents is 1. The lowest BCUT2D eigenvalue weighted by molar-refractivity contribution is -0.385. The highest BCUT2D eigenvalue weighted by Gasteiger charge is 2.73. The van der Waals surface area contributed by atoms with Gasteiger partial charge in [0.25, 0.3) is 5.69 Å². The Morgan fingerprint density at radius 3 is 1.95 bits per heavy atom. The smallest absolute Gasteiger partial charge is 0.258 e. The molecule has 0 heterocycles. The minimum Gasteiger partial charge on any atom is -0.258 e. The van der Waals surface area contributed by atoms with Gasteiger partial charge >= 0.3 is 18.0 Å². The van der Waals surface area contributed by atoms with Gasteiger partial charge < -0.3 is 0 Å². The Labute approximate surface area is 100 Å². The normalized spacial score (nSPS) is 13.4. The minimum absolute atomic E-state index is 0.0281. The van der Waals surface area contributed by atoms with E-state index in [9.17, 15) is 40.8 Å². The molecule has 10 heteroatoms. The van der Waals surface area contributed by atoms with Crippen molar-refractivity contribution >= 4 is 5.69 Å². The van der Waals surface area contributed by atoms with Crippen molar-refractivity contribution in [2.24, 2.45) is 0 Å². The van der Waals surface area contributed by atoms with Crippen LogP contribution in [-0.4, -0.2) is 17.0 Å². The molecule has 0 aliphatic carbocycles. The monoisotopic (exact) mass is 291 g/mol. The van der Waals surface area contributed by atoms with Gasteiger partial charge in [-0.25, -0.2) is 0 Å². The Hall–Kier alpha value is -1.87. The maximum atomic E-state index is 13.2. The van der Waals surface area contributed by atoms with Crippen molar-refractivity contribution in [3.63, 3.8) is 0 Å². The third-order valence-corrected chi connectivity index (χ3v) is 2.17. The second-order valence-corrected chi connectivity index (χ2v) is 3.45. The van der Waals surface area contributed by atoms with Crippen LogP contribution >= 0.6 is 0 Å². The molecule has 1 aromatic carbocycles. The van der Waals surface area contributed by atoms with Crippen LogP contribution in [0.25, 0.3) is 0 Å². The first kappa shape index (κ1) is 15.2. The summed E-state index contributed by atoms with van der Waals surface area (Å²) in [4.78, 5) is 9.09. The van der Waals surface area contributed by atoms with Gasteiger partial charge in [-0.3, -0.25) is 10.1 Å². The number of non-ortho nitro benzene ring substituents is 1. The van der Waals surface area contributed by atoms with E-state index in [-0.39, 0.29) is 12.1 Å². The van der Waals surface area contributed by atoms with Crippen molar-refractivity contribution in [2.75, 3.05) is 0 Å². The van der Waals surface area contributed by atoms with Crippen LogP contribution in [0.1, 0.15) is 5.56 Å². The lowest BCUT2D eigenvalue weighted by Crippen LogP contribution is -2.50. The average molecular weight is 291 g/mol. The van der Waals surface area contributed by atoms with Crippen LogP contribution in [0, 0.1) is 10.1 Å². The van der Waals surface area contributed by atoms with E-state index in [1.54, 1.807) is 0 Å². The van der Waals surface area contributed by atoms with Gasteiger partial charge in [0.1, 0.15) is 0 Å². The molecular formula is C9H4F7NO2. The van der Waals surface area contributed by atoms with E-state index in [2.05, 4.69) is 0 Å². The molecule has 3 nitrogen and oxygen atoms in total. The van der Waals surface area contributed by atoms with E-state index in [4.69, 9.17) is 0 Å². The summed E-state index contributed by atoms with van der Waals surface area (Å²) < 4.78 is 87.5. The highest BCUT2D eigenvalue weighted by molar-refractivity contribution is 5.37. The first-order valence-electron chi connectivity index (χ1n) is 4.48. The lowest BCUT2D eigenvalue weighted by atomic mass is 10.0. The molecule has 0 radical (unpaired) electrons. The van der Waals surface area contributed by atoms with Crippen molar-refractivity contribution in [3.05, 3.63) is 39.9 Å². The van der Waals surface area contributed by atoms with Gasteiger partial charge in [0.05, 0.1) is 4.92 Å². The molecule has 19 heavy (non-hydrogen) atoms. The number of nitrogens with zero attached hydrogens (tertiary/aromatic N) is 1. The molecule has 0 atom stereocenters. The summed E-state index contributed by atoms with van der Waals surface area (Å²) in [5, 5.41) is 10.3. The number of benzene rings is 1. The third-order valence-electron chi connectivity index (χ3n) is 2.17. The fraction of sp³-hybridized carbons (Fsp3) is 0.333. The molecule has 0 aliphatic heterocycles. The fourth-order valence-corrected chi connectivity index (χ4v) is 1.17. The molecule has 0 unspecified atom stereocenters. The molecular weight excluding hydrogens is 287 g/mol. The van der Waals surface area contributed by atoms with Crippen LogP contribution in [-0.2, 0) is 5.92 Å². The SMILES string of the molecule is O=[N+]([O-])c1cccc(C(F)(F)C(F)(F)C(F)(F)F)c1. The Kier molecular flexibility index (Phi) is 3.48. The van der Waals surface area contributed by atoms with Gasteiger partial charge in [-0.05, 0) is 0 Å². The molecule has 1 aromatic rings. The number of hydrogen-bond acceptors (Lipinski definition) is 2. The summed E-state index contributed by atoms with van der Waals surface area (Å²) in [5.41, 5.74) is -2.81. The fourth-order valence-electron chi connectivity index (χ4n) is 1.17. The van der Waals surface area contributed by atoms with Crippen molar-refractivity contribution in [1.29, 1.82) is 0 Å². The van der Waals surface area contributed by atoms with Crippen molar-refractivity contribution < 1.29 is 35.7 Å². The zero-order valence-electron chi connectivity index (χ0n) is 8.72. The summed E-state index contributed by atoms with van der Waals surface area (Å²) in [5.74, 6) is -12.0. The molecule has 0 aliphatic rings. The summed E-state index contributed by atoms with van der Waals surface area (Å²) >= 11 is 0. The minimum atomic E-state index is -6.48. The predicted octanol–water partition coefficient (Wildman–Crippen LogP) is 3.88. The highest BCUT2D eigenvalue weighted by atomic mass is 19.4. The zero-order valence-corrected chi connectivity index (χ0v) is 8.72. The van der Waals surface area contributed by atoms with E-state index in [0.29, 0.717) is 12.1 Å². The maximum absolute atomic E-state index is 13.2. The topological polar surface area (TPSA) is 43.1 Å². The van der Waals surface area contributed by atoms with Gasteiger partial charge in [-0.1, -0.05) is 12.1 Å². The maximum Gasteiger partial charge on any atom is 0.460 e. The van der Waals surface area contributed by atoms with E-state index < -0.39 is 34.2 Å². The lowest BCUT2D eigenvalue weighted by Gasteiger charge is -2.28. The van der Waals surface area contributed by atoms with Crippen LogP contribution in [0.4, 0.5) is 36.4 Å². The van der Waals surface area contributed by atoms with E-state index in [1.807, 2.05) is 0 Å². The molecule has 0 aromatic heterocycles. The molecule has 0 N–H and O–H groups in total. The van der Waals surface area contributed by atoms with Crippen LogP contribution in [0.2, 0.25) is 0 Å². The second-order valence-electron chi connectivity index (χ2n) is 3.45. The van der Waals surface area contributed by atoms with Gasteiger partial charge in [0, 0.05) is 17.7 Å². The molecule has 0 saturated heterocycles. The Morgan fingerprint density at radius 2 is 1.53 bits per heavy atom. The van der Waals surface area contributed by atoms with Crippen molar-refractivity contribution in [1.82, 2.24) is 0 Å². The van der Waals surface area contributed by atoms with Crippen molar-refractivity contribution in [2.45, 2.75) is 18.0 Å². The molecule has 106 valence electrons. The zero-order chi connectivity index (χ0) is 15.1. The van der Waals surface area contributed by atoms with Crippen LogP contribution in [0.15, 0.2) is 24.3 Å². The van der Waals surface area contributed by atoms with Gasteiger partial charge in [0.2, 0.25) is 0 Å². The Balaban J connectivity index is 3.35. The summed E-state index contributed by atoms with van der Waals surface area (Å²) in [6.45, 7) is 0. The van der Waals surface area contributed by atoms with E-state index in [0.717, 1.165) is 0 Å².